The Hall–Kier alpha value is -2.82. The number of ether oxygens (including phenoxy) is 2. The second-order valence-corrected chi connectivity index (χ2v) is 4.39. The predicted molar refractivity (Wildman–Crippen MR) is 84.7 cm³/mol. The molecule has 116 valence electrons. The lowest BCUT2D eigenvalue weighted by Crippen LogP contribution is -2.04. The maximum atomic E-state index is 11.0. The molecule has 0 unspecified atom stereocenters. The summed E-state index contributed by atoms with van der Waals surface area (Å²) in [6, 6.07) is 14.1. The molecule has 5 nitrogen and oxygen atoms in total. The van der Waals surface area contributed by atoms with E-state index >= 15 is 0 Å². The summed E-state index contributed by atoms with van der Waals surface area (Å²) in [5.74, 6) is -0.675. The molecule has 0 aromatic heterocycles. The van der Waals surface area contributed by atoms with E-state index in [1.165, 1.54) is 14.2 Å². The first kappa shape index (κ1) is 17.2. The van der Waals surface area contributed by atoms with E-state index in [1.54, 1.807) is 30.3 Å². The van der Waals surface area contributed by atoms with Crippen molar-refractivity contribution < 1.29 is 19.1 Å². The van der Waals surface area contributed by atoms with Crippen LogP contribution in [0.2, 0.25) is 0 Å². The number of esters is 2. The van der Waals surface area contributed by atoms with E-state index < -0.39 is 5.97 Å². The molecule has 0 aliphatic carbocycles. The van der Waals surface area contributed by atoms with Gasteiger partial charge in [-0.15, -0.1) is 0 Å². The first-order valence-corrected chi connectivity index (χ1v) is 6.58. The molecule has 0 saturated heterocycles. The summed E-state index contributed by atoms with van der Waals surface area (Å²) >= 11 is 0. The van der Waals surface area contributed by atoms with E-state index in [1.807, 2.05) is 25.1 Å². The van der Waals surface area contributed by atoms with Crippen molar-refractivity contribution in [3.63, 3.8) is 0 Å². The van der Waals surface area contributed by atoms with Crippen LogP contribution in [0.5, 0.6) is 0 Å². The quantitative estimate of drug-likeness (QED) is 0.681. The topological polar surface area (TPSA) is 78.6 Å². The van der Waals surface area contributed by atoms with Crippen LogP contribution >= 0.6 is 0 Å². The van der Waals surface area contributed by atoms with Gasteiger partial charge in [-0.1, -0.05) is 30.3 Å². The molecule has 0 saturated carbocycles. The van der Waals surface area contributed by atoms with Crippen molar-refractivity contribution in [3.05, 3.63) is 65.2 Å². The molecule has 5 heteroatoms. The zero-order valence-electron chi connectivity index (χ0n) is 12.8. The largest absolute Gasteiger partial charge is 0.465 e. The van der Waals surface area contributed by atoms with Gasteiger partial charge in [0.2, 0.25) is 0 Å². The molecule has 0 aliphatic rings. The van der Waals surface area contributed by atoms with E-state index in [9.17, 15) is 9.59 Å². The van der Waals surface area contributed by atoms with Crippen molar-refractivity contribution in [2.75, 3.05) is 20.0 Å². The number of nitrogen functional groups attached to an aromatic ring is 1. The minimum absolute atomic E-state index is 0.275. The minimum Gasteiger partial charge on any atom is -0.465 e. The predicted octanol–water partition coefficient (Wildman–Crippen LogP) is 2.84. The Morgan fingerprint density at radius 3 is 1.77 bits per heavy atom. The highest BCUT2D eigenvalue weighted by molar-refractivity contribution is 5.94. The van der Waals surface area contributed by atoms with Crippen molar-refractivity contribution in [1.29, 1.82) is 0 Å². The third-order valence-electron chi connectivity index (χ3n) is 2.92. The number of carbonyl (C=O) groups excluding carboxylic acids is 2. The Balaban J connectivity index is 0.000000220. The lowest BCUT2D eigenvalue weighted by Gasteiger charge is -2.00. The third-order valence-corrected chi connectivity index (χ3v) is 2.92. The van der Waals surface area contributed by atoms with Crippen LogP contribution in [0.1, 0.15) is 26.3 Å². The number of carbonyl (C=O) groups is 2. The number of hydrogen-bond acceptors (Lipinski definition) is 5. The van der Waals surface area contributed by atoms with E-state index in [0.717, 1.165) is 5.56 Å². The van der Waals surface area contributed by atoms with Crippen LogP contribution in [0.15, 0.2) is 48.5 Å². The molecular formula is C17H19NO4. The highest BCUT2D eigenvalue weighted by Gasteiger charge is 2.07. The molecule has 0 radical (unpaired) electrons. The molecule has 0 fully saturated rings. The van der Waals surface area contributed by atoms with Gasteiger partial charge in [-0.2, -0.15) is 0 Å². The standard InChI is InChI=1S/C9H10O2.C8H9NO2/c1-7-5-3-4-6-8(7)9(10)11-2;1-11-8(10)6-4-2-3-5-7(6)9/h3-6H,1-2H3;2-5H,9H2,1H3. The van der Waals surface area contributed by atoms with Crippen molar-refractivity contribution in [2.24, 2.45) is 0 Å². The van der Waals surface area contributed by atoms with Gasteiger partial charge in [-0.25, -0.2) is 9.59 Å². The zero-order valence-corrected chi connectivity index (χ0v) is 12.8. The summed E-state index contributed by atoms with van der Waals surface area (Å²) < 4.78 is 9.08. The number of rotatable bonds is 2. The summed E-state index contributed by atoms with van der Waals surface area (Å²) in [5.41, 5.74) is 7.93. The average molecular weight is 301 g/mol. The van der Waals surface area contributed by atoms with Crippen LogP contribution in [0.4, 0.5) is 5.69 Å². The second kappa shape index (κ2) is 8.46. The number of aryl methyl sites for hydroxylation is 1. The second-order valence-electron chi connectivity index (χ2n) is 4.39. The summed E-state index contributed by atoms with van der Waals surface area (Å²) in [4.78, 5) is 21.9. The van der Waals surface area contributed by atoms with Crippen LogP contribution in [-0.2, 0) is 9.47 Å². The Morgan fingerprint density at radius 2 is 1.27 bits per heavy atom. The summed E-state index contributed by atoms with van der Waals surface area (Å²) in [5, 5.41) is 0. The number of anilines is 1. The SMILES string of the molecule is COC(=O)c1ccccc1C.COC(=O)c1ccccc1N. The maximum Gasteiger partial charge on any atom is 0.339 e. The van der Waals surface area contributed by atoms with Gasteiger partial charge in [0.15, 0.2) is 0 Å². The van der Waals surface area contributed by atoms with Gasteiger partial charge in [0, 0.05) is 5.69 Å². The molecule has 0 spiro atoms. The fourth-order valence-corrected chi connectivity index (χ4v) is 1.70. The van der Waals surface area contributed by atoms with Gasteiger partial charge in [0.25, 0.3) is 0 Å². The monoisotopic (exact) mass is 301 g/mol. The number of benzene rings is 2. The van der Waals surface area contributed by atoms with Crippen molar-refractivity contribution in [3.8, 4) is 0 Å². The number of hydrogen-bond donors (Lipinski definition) is 1. The Kier molecular flexibility index (Phi) is 6.63. The highest BCUT2D eigenvalue weighted by atomic mass is 16.5. The summed E-state index contributed by atoms with van der Waals surface area (Å²) in [6.45, 7) is 1.88. The van der Waals surface area contributed by atoms with E-state index in [0.29, 0.717) is 16.8 Å². The van der Waals surface area contributed by atoms with Crippen LogP contribution in [0.3, 0.4) is 0 Å². The molecule has 2 aromatic carbocycles. The molecular weight excluding hydrogens is 282 g/mol. The first-order chi connectivity index (χ1) is 10.5. The molecule has 2 rings (SSSR count). The van der Waals surface area contributed by atoms with Gasteiger partial charge in [-0.05, 0) is 30.7 Å². The van der Waals surface area contributed by atoms with Crippen molar-refractivity contribution in [1.82, 2.24) is 0 Å². The smallest absolute Gasteiger partial charge is 0.339 e. The van der Waals surface area contributed by atoms with Gasteiger partial charge < -0.3 is 15.2 Å². The van der Waals surface area contributed by atoms with Crippen LogP contribution in [0.25, 0.3) is 0 Å². The Labute approximate surface area is 129 Å². The van der Waals surface area contributed by atoms with Crippen molar-refractivity contribution >= 4 is 17.6 Å². The number of para-hydroxylation sites is 1. The van der Waals surface area contributed by atoms with Gasteiger partial charge in [0.05, 0.1) is 25.3 Å². The summed E-state index contributed by atoms with van der Waals surface area (Å²) in [6.07, 6.45) is 0. The molecule has 0 bridgehead atoms. The van der Waals surface area contributed by atoms with E-state index in [-0.39, 0.29) is 5.97 Å². The zero-order chi connectivity index (χ0) is 16.5. The first-order valence-electron chi connectivity index (χ1n) is 6.58. The third kappa shape index (κ3) is 4.63. The van der Waals surface area contributed by atoms with Gasteiger partial charge in [-0.3, -0.25) is 0 Å². The van der Waals surface area contributed by atoms with Crippen LogP contribution in [0, 0.1) is 6.92 Å². The number of nitrogens with two attached hydrogens (primary N) is 1. The molecule has 0 amide bonds. The van der Waals surface area contributed by atoms with Gasteiger partial charge in [0.1, 0.15) is 0 Å². The Morgan fingerprint density at radius 1 is 0.818 bits per heavy atom. The highest BCUT2D eigenvalue weighted by Crippen LogP contribution is 2.10. The molecule has 0 atom stereocenters. The van der Waals surface area contributed by atoms with Crippen LogP contribution < -0.4 is 5.73 Å². The lowest BCUT2D eigenvalue weighted by molar-refractivity contribution is 0.0592. The van der Waals surface area contributed by atoms with E-state index in [4.69, 9.17) is 5.73 Å². The molecule has 0 heterocycles. The fourth-order valence-electron chi connectivity index (χ4n) is 1.70. The number of methoxy groups -OCH3 is 2. The normalized spacial score (nSPS) is 9.23. The summed E-state index contributed by atoms with van der Waals surface area (Å²) in [7, 11) is 2.71. The molecule has 2 N–H and O–H groups in total. The fraction of sp³-hybridized carbons (Fsp3) is 0.176. The van der Waals surface area contributed by atoms with Crippen molar-refractivity contribution in [2.45, 2.75) is 6.92 Å². The van der Waals surface area contributed by atoms with Gasteiger partial charge >= 0.3 is 11.9 Å². The molecule has 2 aromatic rings. The maximum absolute atomic E-state index is 11.0. The average Bonchev–Trinajstić information content (AvgIpc) is 2.55. The van der Waals surface area contributed by atoms with Crippen LogP contribution in [-0.4, -0.2) is 26.2 Å². The lowest BCUT2D eigenvalue weighted by atomic mass is 10.1. The molecule has 22 heavy (non-hydrogen) atoms. The Bertz CT molecular complexity index is 595. The molecule has 0 aliphatic heterocycles. The van der Waals surface area contributed by atoms with E-state index in [2.05, 4.69) is 9.47 Å². The minimum atomic E-state index is -0.400.